The van der Waals surface area contributed by atoms with Crippen LogP contribution in [0, 0.1) is 0 Å². The van der Waals surface area contributed by atoms with Crippen molar-refractivity contribution in [3.63, 3.8) is 0 Å². The van der Waals surface area contributed by atoms with Crippen LogP contribution in [0.3, 0.4) is 0 Å². The van der Waals surface area contributed by atoms with Crippen LogP contribution in [0.1, 0.15) is 19.4 Å². The van der Waals surface area contributed by atoms with E-state index in [2.05, 4.69) is 31.3 Å². The third-order valence-electron chi connectivity index (χ3n) is 2.78. The first-order valence-corrected chi connectivity index (χ1v) is 6.13. The third-order valence-corrected chi connectivity index (χ3v) is 2.78. The molecule has 1 atom stereocenters. The average Bonchev–Trinajstić information content (AvgIpc) is 2.83. The van der Waals surface area contributed by atoms with Gasteiger partial charge in [-0.1, -0.05) is 19.1 Å². The number of benzene rings is 1. The van der Waals surface area contributed by atoms with Crippen LogP contribution in [0.4, 0.5) is 0 Å². The number of hydrogen-bond donors (Lipinski definition) is 1. The summed E-state index contributed by atoms with van der Waals surface area (Å²) in [4.78, 5) is 0. The molecule has 0 bridgehead atoms. The topological polar surface area (TPSA) is 39.7 Å². The monoisotopic (exact) mass is 249 g/mol. The maximum Gasteiger partial charge on any atom is 0.231 e. The lowest BCUT2D eigenvalue weighted by Gasteiger charge is -2.08. The van der Waals surface area contributed by atoms with E-state index in [1.807, 2.05) is 12.1 Å². The van der Waals surface area contributed by atoms with E-state index in [0.29, 0.717) is 17.5 Å². The molecule has 0 fully saturated rings. The molecule has 0 radical (unpaired) electrons. The Morgan fingerprint density at radius 3 is 3.00 bits per heavy atom. The first-order chi connectivity index (χ1) is 8.74. The highest BCUT2D eigenvalue weighted by atomic mass is 16.7. The zero-order valence-corrected chi connectivity index (χ0v) is 11.0. The van der Waals surface area contributed by atoms with Gasteiger partial charge < -0.3 is 19.5 Å². The predicted molar refractivity (Wildman–Crippen MR) is 71.3 cm³/mol. The SMILES string of the molecule is CCNC(C)/C=C/c1cc(OC)c2c(c1)OCO2. The van der Waals surface area contributed by atoms with Crippen LogP contribution >= 0.6 is 0 Å². The van der Waals surface area contributed by atoms with Gasteiger partial charge >= 0.3 is 0 Å². The van der Waals surface area contributed by atoms with Crippen molar-refractivity contribution >= 4 is 6.08 Å². The molecule has 2 rings (SSSR count). The number of hydrogen-bond acceptors (Lipinski definition) is 4. The van der Waals surface area contributed by atoms with Gasteiger partial charge in [0.1, 0.15) is 0 Å². The lowest BCUT2D eigenvalue weighted by molar-refractivity contribution is 0.171. The highest BCUT2D eigenvalue weighted by molar-refractivity contribution is 5.63. The number of ether oxygens (including phenoxy) is 3. The van der Waals surface area contributed by atoms with Gasteiger partial charge in [0.15, 0.2) is 11.5 Å². The molecule has 0 saturated heterocycles. The molecule has 18 heavy (non-hydrogen) atoms. The van der Waals surface area contributed by atoms with Gasteiger partial charge in [0.2, 0.25) is 12.5 Å². The van der Waals surface area contributed by atoms with Crippen molar-refractivity contribution in [2.24, 2.45) is 0 Å². The summed E-state index contributed by atoms with van der Waals surface area (Å²) in [5, 5.41) is 3.32. The second kappa shape index (κ2) is 5.78. The minimum atomic E-state index is 0.257. The van der Waals surface area contributed by atoms with Gasteiger partial charge in [0.05, 0.1) is 7.11 Å². The summed E-state index contributed by atoms with van der Waals surface area (Å²) in [7, 11) is 1.63. The van der Waals surface area contributed by atoms with Gasteiger partial charge in [-0.3, -0.25) is 0 Å². The maximum absolute atomic E-state index is 5.38. The Hall–Kier alpha value is -1.68. The lowest BCUT2D eigenvalue weighted by atomic mass is 10.1. The smallest absolute Gasteiger partial charge is 0.231 e. The van der Waals surface area contributed by atoms with Gasteiger partial charge in [0, 0.05) is 6.04 Å². The van der Waals surface area contributed by atoms with E-state index in [4.69, 9.17) is 14.2 Å². The van der Waals surface area contributed by atoms with Crippen molar-refractivity contribution in [3.05, 3.63) is 23.8 Å². The Labute approximate surface area is 108 Å². The number of likely N-dealkylation sites (N-methyl/N-ethyl adjacent to an activating group) is 1. The summed E-state index contributed by atoms with van der Waals surface area (Å²) < 4.78 is 16.0. The first kappa shape index (κ1) is 12.8. The van der Waals surface area contributed by atoms with Crippen LogP contribution < -0.4 is 19.5 Å². The summed E-state index contributed by atoms with van der Waals surface area (Å²) in [6, 6.07) is 4.24. The second-order valence-corrected chi connectivity index (χ2v) is 4.16. The van der Waals surface area contributed by atoms with E-state index in [9.17, 15) is 0 Å². The van der Waals surface area contributed by atoms with E-state index < -0.39 is 0 Å². The Morgan fingerprint density at radius 1 is 1.44 bits per heavy atom. The number of nitrogens with one attached hydrogen (secondary N) is 1. The summed E-state index contributed by atoms with van der Waals surface area (Å²) in [5.74, 6) is 2.14. The molecule has 1 N–H and O–H groups in total. The fourth-order valence-corrected chi connectivity index (χ4v) is 1.89. The van der Waals surface area contributed by atoms with Crippen molar-refractivity contribution in [1.29, 1.82) is 0 Å². The number of methoxy groups -OCH3 is 1. The van der Waals surface area contributed by atoms with Crippen LogP contribution in [-0.4, -0.2) is 26.5 Å². The quantitative estimate of drug-likeness (QED) is 0.870. The van der Waals surface area contributed by atoms with Gasteiger partial charge in [-0.2, -0.15) is 0 Å². The van der Waals surface area contributed by atoms with Crippen molar-refractivity contribution < 1.29 is 14.2 Å². The fraction of sp³-hybridized carbons (Fsp3) is 0.429. The molecule has 0 spiro atoms. The number of rotatable bonds is 5. The van der Waals surface area contributed by atoms with E-state index in [-0.39, 0.29) is 6.79 Å². The fourth-order valence-electron chi connectivity index (χ4n) is 1.89. The Kier molecular flexibility index (Phi) is 4.10. The third kappa shape index (κ3) is 2.76. The number of fused-ring (bicyclic) bond motifs is 1. The Balaban J connectivity index is 2.19. The predicted octanol–water partition coefficient (Wildman–Crippen LogP) is 2.44. The van der Waals surface area contributed by atoms with E-state index in [0.717, 1.165) is 17.9 Å². The van der Waals surface area contributed by atoms with Gasteiger partial charge in [-0.05, 0) is 31.2 Å². The molecular formula is C14H19NO3. The van der Waals surface area contributed by atoms with Gasteiger partial charge in [0.25, 0.3) is 0 Å². The zero-order valence-electron chi connectivity index (χ0n) is 11.0. The zero-order chi connectivity index (χ0) is 13.0. The van der Waals surface area contributed by atoms with Crippen LogP contribution in [0.5, 0.6) is 17.2 Å². The van der Waals surface area contributed by atoms with E-state index in [1.165, 1.54) is 0 Å². The average molecular weight is 249 g/mol. The molecule has 1 aromatic rings. The largest absolute Gasteiger partial charge is 0.493 e. The standard InChI is InChI=1S/C14H19NO3/c1-4-15-10(2)5-6-11-7-12(16-3)14-13(8-11)17-9-18-14/h5-8,10,15H,4,9H2,1-3H3/b6-5+. The Morgan fingerprint density at radius 2 is 2.28 bits per heavy atom. The normalized spacial score (nSPS) is 15.1. The highest BCUT2D eigenvalue weighted by Crippen LogP contribution is 2.42. The molecule has 1 aromatic carbocycles. The molecule has 0 amide bonds. The highest BCUT2D eigenvalue weighted by Gasteiger charge is 2.19. The van der Waals surface area contributed by atoms with Crippen molar-refractivity contribution in [1.82, 2.24) is 5.32 Å². The van der Waals surface area contributed by atoms with Crippen molar-refractivity contribution in [2.45, 2.75) is 19.9 Å². The molecule has 1 aliphatic heterocycles. The van der Waals surface area contributed by atoms with Crippen LogP contribution in [0.25, 0.3) is 6.08 Å². The second-order valence-electron chi connectivity index (χ2n) is 4.16. The first-order valence-electron chi connectivity index (χ1n) is 6.13. The van der Waals surface area contributed by atoms with Gasteiger partial charge in [-0.25, -0.2) is 0 Å². The van der Waals surface area contributed by atoms with Crippen LogP contribution in [-0.2, 0) is 0 Å². The van der Waals surface area contributed by atoms with E-state index in [1.54, 1.807) is 7.11 Å². The summed E-state index contributed by atoms with van der Waals surface area (Å²) in [6.45, 7) is 5.42. The molecule has 0 aliphatic carbocycles. The summed E-state index contributed by atoms with van der Waals surface area (Å²) >= 11 is 0. The molecule has 0 aromatic heterocycles. The molecule has 1 unspecified atom stereocenters. The molecule has 1 heterocycles. The van der Waals surface area contributed by atoms with Crippen LogP contribution in [0.2, 0.25) is 0 Å². The molecule has 4 nitrogen and oxygen atoms in total. The minimum Gasteiger partial charge on any atom is -0.493 e. The molecule has 4 heteroatoms. The van der Waals surface area contributed by atoms with E-state index >= 15 is 0 Å². The van der Waals surface area contributed by atoms with Gasteiger partial charge in [-0.15, -0.1) is 0 Å². The molecular weight excluding hydrogens is 230 g/mol. The molecule has 0 saturated carbocycles. The molecule has 1 aliphatic rings. The minimum absolute atomic E-state index is 0.257. The Bertz CT molecular complexity index is 443. The van der Waals surface area contributed by atoms with Crippen molar-refractivity contribution in [2.75, 3.05) is 20.4 Å². The maximum atomic E-state index is 5.38. The summed E-state index contributed by atoms with van der Waals surface area (Å²) in [6.07, 6.45) is 4.16. The van der Waals surface area contributed by atoms with Crippen molar-refractivity contribution in [3.8, 4) is 17.2 Å². The van der Waals surface area contributed by atoms with Crippen LogP contribution in [0.15, 0.2) is 18.2 Å². The molecule has 98 valence electrons. The summed E-state index contributed by atoms with van der Waals surface area (Å²) in [5.41, 5.74) is 1.04. The lowest BCUT2D eigenvalue weighted by Crippen LogP contribution is -2.22.